The van der Waals surface area contributed by atoms with E-state index in [1.54, 1.807) is 14.2 Å². The predicted molar refractivity (Wildman–Crippen MR) is 81.5 cm³/mol. The molecule has 0 fully saturated rings. The van der Waals surface area contributed by atoms with Crippen LogP contribution in [0.1, 0.15) is 40.5 Å². The maximum absolute atomic E-state index is 6.15. The van der Waals surface area contributed by atoms with Crippen molar-refractivity contribution in [3.05, 3.63) is 0 Å². The van der Waals surface area contributed by atoms with Crippen LogP contribution in [0.4, 0.5) is 0 Å². The van der Waals surface area contributed by atoms with Crippen molar-refractivity contribution in [3.8, 4) is 0 Å². The lowest BCUT2D eigenvalue weighted by atomic mass is 9.83. The van der Waals surface area contributed by atoms with Crippen molar-refractivity contribution in [1.82, 2.24) is 4.90 Å². The van der Waals surface area contributed by atoms with E-state index in [4.69, 9.17) is 15.2 Å². The second-order valence-electron chi connectivity index (χ2n) is 5.55. The summed E-state index contributed by atoms with van der Waals surface area (Å²) >= 11 is 0. The molecular weight excluding hydrogens is 240 g/mol. The Bertz CT molecular complexity index is 220. The first-order chi connectivity index (χ1) is 9.03. The van der Waals surface area contributed by atoms with Gasteiger partial charge >= 0.3 is 0 Å². The van der Waals surface area contributed by atoms with Crippen molar-refractivity contribution in [1.29, 1.82) is 0 Å². The van der Waals surface area contributed by atoms with Crippen LogP contribution in [0.15, 0.2) is 0 Å². The quantitative estimate of drug-likeness (QED) is 0.627. The van der Waals surface area contributed by atoms with Gasteiger partial charge < -0.3 is 15.2 Å². The zero-order valence-corrected chi connectivity index (χ0v) is 13.7. The van der Waals surface area contributed by atoms with E-state index in [2.05, 4.69) is 32.6 Å². The number of methoxy groups -OCH3 is 2. The van der Waals surface area contributed by atoms with E-state index in [0.717, 1.165) is 26.0 Å². The summed E-state index contributed by atoms with van der Waals surface area (Å²) in [5.41, 5.74) is 6.04. The molecule has 19 heavy (non-hydrogen) atoms. The second kappa shape index (κ2) is 9.70. The van der Waals surface area contributed by atoms with Gasteiger partial charge in [-0.05, 0) is 18.8 Å². The van der Waals surface area contributed by atoms with Crippen molar-refractivity contribution in [2.45, 2.75) is 52.1 Å². The molecule has 4 heteroatoms. The zero-order chi connectivity index (χ0) is 14.9. The molecule has 116 valence electrons. The van der Waals surface area contributed by atoms with Crippen LogP contribution in [0.2, 0.25) is 0 Å². The van der Waals surface area contributed by atoms with Crippen LogP contribution in [0, 0.1) is 5.92 Å². The van der Waals surface area contributed by atoms with Crippen LogP contribution in [0.3, 0.4) is 0 Å². The molecule has 0 aliphatic heterocycles. The van der Waals surface area contributed by atoms with Crippen LogP contribution in [0.5, 0.6) is 0 Å². The van der Waals surface area contributed by atoms with E-state index in [9.17, 15) is 0 Å². The Morgan fingerprint density at radius 3 is 2.00 bits per heavy atom. The summed E-state index contributed by atoms with van der Waals surface area (Å²) in [6.07, 6.45) is 2.25. The maximum atomic E-state index is 6.15. The first-order valence-corrected chi connectivity index (χ1v) is 7.48. The summed E-state index contributed by atoms with van der Waals surface area (Å²) in [7, 11) is 3.51. The highest BCUT2D eigenvalue weighted by atomic mass is 16.5. The van der Waals surface area contributed by atoms with Crippen LogP contribution in [0.25, 0.3) is 0 Å². The first-order valence-electron chi connectivity index (χ1n) is 7.48. The van der Waals surface area contributed by atoms with Gasteiger partial charge in [-0.25, -0.2) is 0 Å². The monoisotopic (exact) mass is 274 g/mol. The van der Waals surface area contributed by atoms with E-state index >= 15 is 0 Å². The molecule has 0 aliphatic carbocycles. The van der Waals surface area contributed by atoms with Gasteiger partial charge in [-0.1, -0.05) is 27.7 Å². The lowest BCUT2D eigenvalue weighted by molar-refractivity contribution is -0.0524. The molecule has 1 unspecified atom stereocenters. The first kappa shape index (κ1) is 18.8. The molecule has 2 N–H and O–H groups in total. The van der Waals surface area contributed by atoms with E-state index in [1.165, 1.54) is 0 Å². The fraction of sp³-hybridized carbons (Fsp3) is 1.00. The molecule has 0 amide bonds. The number of hydrogen-bond donors (Lipinski definition) is 1. The zero-order valence-electron chi connectivity index (χ0n) is 13.7. The molecule has 0 aromatic rings. The molecule has 0 aromatic heterocycles. The molecule has 0 spiro atoms. The van der Waals surface area contributed by atoms with Gasteiger partial charge in [0.2, 0.25) is 0 Å². The largest absolute Gasteiger partial charge is 0.383 e. The molecule has 0 saturated heterocycles. The molecule has 0 aromatic carbocycles. The van der Waals surface area contributed by atoms with E-state index in [1.807, 2.05) is 0 Å². The normalized spacial score (nSPS) is 15.5. The second-order valence-corrected chi connectivity index (χ2v) is 5.55. The van der Waals surface area contributed by atoms with Gasteiger partial charge in [0.1, 0.15) is 0 Å². The lowest BCUT2D eigenvalue weighted by Crippen LogP contribution is -2.64. The average molecular weight is 274 g/mol. The fourth-order valence-corrected chi connectivity index (χ4v) is 2.93. The van der Waals surface area contributed by atoms with Crippen LogP contribution in [-0.4, -0.2) is 57.0 Å². The lowest BCUT2D eigenvalue weighted by Gasteiger charge is -2.49. The van der Waals surface area contributed by atoms with Crippen molar-refractivity contribution in [3.63, 3.8) is 0 Å². The molecule has 1 atom stereocenters. The fourth-order valence-electron chi connectivity index (χ4n) is 2.93. The Kier molecular flexibility index (Phi) is 9.62. The average Bonchev–Trinajstić information content (AvgIpc) is 2.41. The third kappa shape index (κ3) is 4.71. The summed E-state index contributed by atoms with van der Waals surface area (Å²) in [5, 5.41) is 0. The van der Waals surface area contributed by atoms with Gasteiger partial charge in [0.15, 0.2) is 0 Å². The minimum atomic E-state index is -0.107. The minimum absolute atomic E-state index is 0.107. The van der Waals surface area contributed by atoms with Gasteiger partial charge in [-0.2, -0.15) is 0 Å². The topological polar surface area (TPSA) is 47.7 Å². The highest BCUT2D eigenvalue weighted by Gasteiger charge is 2.41. The van der Waals surface area contributed by atoms with Gasteiger partial charge in [-0.3, -0.25) is 4.90 Å². The maximum Gasteiger partial charge on any atom is 0.0661 e. The van der Waals surface area contributed by atoms with E-state index < -0.39 is 0 Å². The Labute approximate surface area is 119 Å². The van der Waals surface area contributed by atoms with Gasteiger partial charge in [-0.15, -0.1) is 0 Å². The summed E-state index contributed by atoms with van der Waals surface area (Å²) in [4.78, 5) is 2.52. The third-order valence-corrected chi connectivity index (χ3v) is 4.31. The SMILES string of the molecule is CCC(CC)N(CCOC)C(CN)(COC)C(C)C. The number of rotatable bonds is 11. The summed E-state index contributed by atoms with van der Waals surface area (Å²) < 4.78 is 10.8. The van der Waals surface area contributed by atoms with Crippen molar-refractivity contribution in [2.75, 3.05) is 40.5 Å². The van der Waals surface area contributed by atoms with Crippen LogP contribution < -0.4 is 5.73 Å². The van der Waals surface area contributed by atoms with E-state index in [-0.39, 0.29) is 5.54 Å². The molecule has 0 rings (SSSR count). The number of ether oxygens (including phenoxy) is 2. The van der Waals surface area contributed by atoms with Gasteiger partial charge in [0, 0.05) is 33.4 Å². The van der Waals surface area contributed by atoms with Gasteiger partial charge in [0.25, 0.3) is 0 Å². The Hall–Kier alpha value is -0.160. The molecule has 0 bridgehead atoms. The highest BCUT2D eigenvalue weighted by molar-refractivity contribution is 4.97. The van der Waals surface area contributed by atoms with Crippen molar-refractivity contribution < 1.29 is 9.47 Å². The Balaban J connectivity index is 5.31. The molecule has 0 radical (unpaired) electrons. The number of nitrogens with two attached hydrogens (primary N) is 1. The number of hydrogen-bond acceptors (Lipinski definition) is 4. The summed E-state index contributed by atoms with van der Waals surface area (Å²) in [6, 6.07) is 0.524. The summed E-state index contributed by atoms with van der Waals surface area (Å²) in [5.74, 6) is 0.440. The van der Waals surface area contributed by atoms with Crippen molar-refractivity contribution in [2.24, 2.45) is 11.7 Å². The van der Waals surface area contributed by atoms with Crippen molar-refractivity contribution >= 4 is 0 Å². The third-order valence-electron chi connectivity index (χ3n) is 4.31. The highest BCUT2D eigenvalue weighted by Crippen LogP contribution is 2.29. The smallest absolute Gasteiger partial charge is 0.0661 e. The predicted octanol–water partition coefficient (Wildman–Crippen LogP) is 2.12. The Morgan fingerprint density at radius 2 is 1.68 bits per heavy atom. The van der Waals surface area contributed by atoms with Crippen LogP contribution >= 0.6 is 0 Å². The molecule has 0 aliphatic rings. The molecule has 4 nitrogen and oxygen atoms in total. The number of nitrogens with zero attached hydrogens (tertiary/aromatic N) is 1. The summed E-state index contributed by atoms with van der Waals surface area (Å²) in [6.45, 7) is 11.9. The standard InChI is InChI=1S/C15H34N2O2/c1-7-14(8-2)17(9-10-18-5)15(11-16,12-19-6)13(3)4/h13-14H,7-12,16H2,1-6H3. The molecular formula is C15H34N2O2. The van der Waals surface area contributed by atoms with E-state index in [0.29, 0.717) is 25.1 Å². The molecule has 0 saturated carbocycles. The van der Waals surface area contributed by atoms with Crippen LogP contribution in [-0.2, 0) is 9.47 Å². The Morgan fingerprint density at radius 1 is 1.11 bits per heavy atom. The van der Waals surface area contributed by atoms with Gasteiger partial charge in [0.05, 0.1) is 18.8 Å². The molecule has 0 heterocycles. The minimum Gasteiger partial charge on any atom is -0.383 e.